The van der Waals surface area contributed by atoms with Crippen molar-refractivity contribution in [1.29, 1.82) is 0 Å². The molecule has 0 bridgehead atoms. The smallest absolute Gasteiger partial charge is 0.243 e. The van der Waals surface area contributed by atoms with Crippen molar-refractivity contribution in [1.82, 2.24) is 9.62 Å². The molecule has 0 fully saturated rings. The van der Waals surface area contributed by atoms with Gasteiger partial charge in [-0.05, 0) is 48.2 Å². The van der Waals surface area contributed by atoms with E-state index in [1.54, 1.807) is 31.4 Å². The zero-order valence-electron chi connectivity index (χ0n) is 17.3. The first-order valence-electron chi connectivity index (χ1n) is 9.89. The van der Waals surface area contributed by atoms with Crippen molar-refractivity contribution in [2.45, 2.75) is 38.0 Å². The van der Waals surface area contributed by atoms with E-state index in [-0.39, 0.29) is 10.8 Å². The minimum atomic E-state index is -3.45. The van der Waals surface area contributed by atoms with E-state index < -0.39 is 10.0 Å². The fourth-order valence-electron chi connectivity index (χ4n) is 3.03. The van der Waals surface area contributed by atoms with Gasteiger partial charge in [-0.25, -0.2) is 8.42 Å². The van der Waals surface area contributed by atoms with Gasteiger partial charge in [0.2, 0.25) is 15.9 Å². The Kier molecular flexibility index (Phi) is 8.67. The maximum Gasteiger partial charge on any atom is 0.243 e. The highest BCUT2D eigenvalue weighted by Crippen LogP contribution is 2.17. The molecule has 6 nitrogen and oxygen atoms in total. The van der Waals surface area contributed by atoms with Gasteiger partial charge in [0.15, 0.2) is 0 Å². The van der Waals surface area contributed by atoms with E-state index >= 15 is 0 Å². The molecule has 7 heteroatoms. The molecule has 0 radical (unpaired) electrons. The van der Waals surface area contributed by atoms with Crippen LogP contribution in [-0.4, -0.2) is 45.4 Å². The molecule has 0 aromatic heterocycles. The van der Waals surface area contributed by atoms with Crippen LogP contribution in [0.25, 0.3) is 0 Å². The molecule has 0 aliphatic rings. The van der Waals surface area contributed by atoms with Gasteiger partial charge in [-0.3, -0.25) is 4.79 Å². The van der Waals surface area contributed by atoms with Crippen LogP contribution in [0.5, 0.6) is 5.75 Å². The molecule has 0 aliphatic carbocycles. The van der Waals surface area contributed by atoms with Crippen LogP contribution in [0.2, 0.25) is 0 Å². The molecule has 0 atom stereocenters. The quantitative estimate of drug-likeness (QED) is 0.609. The van der Waals surface area contributed by atoms with E-state index in [4.69, 9.17) is 4.74 Å². The Morgan fingerprint density at radius 2 is 1.48 bits per heavy atom. The van der Waals surface area contributed by atoms with E-state index in [1.807, 2.05) is 38.1 Å². The Hall–Kier alpha value is -2.38. The molecule has 2 rings (SSSR count). The molecule has 0 unspecified atom stereocenters. The van der Waals surface area contributed by atoms with E-state index in [0.29, 0.717) is 32.5 Å². The Morgan fingerprint density at radius 1 is 0.931 bits per heavy atom. The van der Waals surface area contributed by atoms with Gasteiger partial charge in [-0.15, -0.1) is 0 Å². The summed E-state index contributed by atoms with van der Waals surface area (Å²) in [6.07, 6.45) is 1.69. The number of rotatable bonds is 11. The monoisotopic (exact) mass is 418 g/mol. The maximum atomic E-state index is 12.5. The Labute approximate surface area is 173 Å². The number of aryl methyl sites for hydroxylation is 1. The number of ether oxygens (including phenoxy) is 1. The molecule has 0 spiro atoms. The molecule has 1 amide bonds. The number of amides is 1. The van der Waals surface area contributed by atoms with Crippen molar-refractivity contribution in [3.63, 3.8) is 0 Å². The highest BCUT2D eigenvalue weighted by molar-refractivity contribution is 7.89. The Balaban J connectivity index is 1.79. The zero-order valence-corrected chi connectivity index (χ0v) is 18.2. The summed E-state index contributed by atoms with van der Waals surface area (Å²) in [6, 6.07) is 14.6. The van der Waals surface area contributed by atoms with Gasteiger partial charge >= 0.3 is 0 Å². The third kappa shape index (κ3) is 6.58. The first-order valence-corrected chi connectivity index (χ1v) is 11.3. The Morgan fingerprint density at radius 3 is 2.03 bits per heavy atom. The summed E-state index contributed by atoms with van der Waals surface area (Å²) in [5.41, 5.74) is 2.07. The summed E-state index contributed by atoms with van der Waals surface area (Å²) in [7, 11) is -1.81. The van der Waals surface area contributed by atoms with Gasteiger partial charge in [0.1, 0.15) is 5.75 Å². The van der Waals surface area contributed by atoms with Crippen molar-refractivity contribution >= 4 is 15.9 Å². The highest BCUT2D eigenvalue weighted by atomic mass is 32.2. The average Bonchev–Trinajstić information content (AvgIpc) is 2.73. The van der Waals surface area contributed by atoms with Crippen LogP contribution < -0.4 is 10.1 Å². The number of benzene rings is 2. The SMILES string of the molecule is CCN(CC)S(=O)(=O)c1ccc(CCC(=O)NCCc2ccc(OC)cc2)cc1. The molecule has 2 aromatic rings. The summed E-state index contributed by atoms with van der Waals surface area (Å²) < 4.78 is 31.6. The van der Waals surface area contributed by atoms with Gasteiger partial charge in [0.25, 0.3) is 0 Å². The van der Waals surface area contributed by atoms with E-state index in [2.05, 4.69) is 5.32 Å². The summed E-state index contributed by atoms with van der Waals surface area (Å²) in [4.78, 5) is 12.4. The van der Waals surface area contributed by atoms with E-state index in [1.165, 1.54) is 4.31 Å². The van der Waals surface area contributed by atoms with Crippen LogP contribution in [-0.2, 0) is 27.7 Å². The average molecular weight is 419 g/mol. The van der Waals surface area contributed by atoms with Crippen LogP contribution in [0.15, 0.2) is 53.4 Å². The van der Waals surface area contributed by atoms with E-state index in [0.717, 1.165) is 23.3 Å². The molecule has 0 saturated heterocycles. The minimum absolute atomic E-state index is 0.0154. The summed E-state index contributed by atoms with van der Waals surface area (Å²) in [5.74, 6) is 0.798. The highest BCUT2D eigenvalue weighted by Gasteiger charge is 2.21. The van der Waals surface area contributed by atoms with Gasteiger partial charge in [0.05, 0.1) is 12.0 Å². The van der Waals surface area contributed by atoms with Crippen molar-refractivity contribution in [2.24, 2.45) is 0 Å². The van der Waals surface area contributed by atoms with Crippen LogP contribution in [0.4, 0.5) is 0 Å². The third-order valence-electron chi connectivity index (χ3n) is 4.80. The minimum Gasteiger partial charge on any atom is -0.497 e. The molecule has 1 N–H and O–H groups in total. The lowest BCUT2D eigenvalue weighted by molar-refractivity contribution is -0.121. The molecule has 29 heavy (non-hydrogen) atoms. The number of methoxy groups -OCH3 is 1. The first kappa shape index (κ1) is 22.9. The zero-order chi connectivity index (χ0) is 21.3. The fourth-order valence-corrected chi connectivity index (χ4v) is 4.48. The molecular weight excluding hydrogens is 388 g/mol. The molecule has 0 aliphatic heterocycles. The molecule has 0 saturated carbocycles. The summed E-state index contributed by atoms with van der Waals surface area (Å²) in [6.45, 7) is 5.10. The second kappa shape index (κ2) is 11.0. The number of carbonyl (C=O) groups excluding carboxylic acids is 1. The summed E-state index contributed by atoms with van der Waals surface area (Å²) in [5, 5.41) is 2.92. The fraction of sp³-hybridized carbons (Fsp3) is 0.409. The largest absolute Gasteiger partial charge is 0.497 e. The molecule has 158 valence electrons. The van der Waals surface area contributed by atoms with Crippen molar-refractivity contribution < 1.29 is 17.9 Å². The number of carbonyl (C=O) groups is 1. The lowest BCUT2D eigenvalue weighted by atomic mass is 10.1. The molecule has 2 aromatic carbocycles. The van der Waals surface area contributed by atoms with Crippen molar-refractivity contribution in [2.75, 3.05) is 26.7 Å². The number of hydrogen-bond donors (Lipinski definition) is 1. The van der Waals surface area contributed by atoms with Crippen LogP contribution in [0.3, 0.4) is 0 Å². The van der Waals surface area contributed by atoms with Crippen LogP contribution in [0.1, 0.15) is 31.4 Å². The first-order chi connectivity index (χ1) is 13.9. The van der Waals surface area contributed by atoms with Crippen LogP contribution >= 0.6 is 0 Å². The standard InChI is InChI=1S/C22H30N2O4S/c1-4-24(5-2)29(26,27)21-13-8-18(9-14-21)10-15-22(25)23-17-16-19-6-11-20(28-3)12-7-19/h6-9,11-14H,4-5,10,15-17H2,1-3H3,(H,23,25). The van der Waals surface area contributed by atoms with Crippen LogP contribution in [0, 0.1) is 0 Å². The third-order valence-corrected chi connectivity index (χ3v) is 6.87. The number of sulfonamides is 1. The van der Waals surface area contributed by atoms with Crippen molar-refractivity contribution in [3.8, 4) is 5.75 Å². The number of nitrogens with one attached hydrogen (secondary N) is 1. The normalized spacial score (nSPS) is 11.4. The lowest BCUT2D eigenvalue weighted by Gasteiger charge is -2.18. The molecule has 0 heterocycles. The molecular formula is C22H30N2O4S. The Bertz CT molecular complexity index is 874. The number of nitrogens with zero attached hydrogens (tertiary/aromatic N) is 1. The van der Waals surface area contributed by atoms with Crippen molar-refractivity contribution in [3.05, 3.63) is 59.7 Å². The van der Waals surface area contributed by atoms with Gasteiger partial charge in [-0.2, -0.15) is 4.31 Å². The van der Waals surface area contributed by atoms with Gasteiger partial charge in [0, 0.05) is 26.1 Å². The van der Waals surface area contributed by atoms with E-state index in [9.17, 15) is 13.2 Å². The van der Waals surface area contributed by atoms with Gasteiger partial charge < -0.3 is 10.1 Å². The number of hydrogen-bond acceptors (Lipinski definition) is 4. The predicted molar refractivity (Wildman–Crippen MR) is 115 cm³/mol. The lowest BCUT2D eigenvalue weighted by Crippen LogP contribution is -2.30. The van der Waals surface area contributed by atoms with Gasteiger partial charge in [-0.1, -0.05) is 38.1 Å². The second-order valence-corrected chi connectivity index (χ2v) is 8.62. The second-order valence-electron chi connectivity index (χ2n) is 6.68. The predicted octanol–water partition coefficient (Wildman–Crippen LogP) is 3.02. The summed E-state index contributed by atoms with van der Waals surface area (Å²) >= 11 is 0. The maximum absolute atomic E-state index is 12.5. The topological polar surface area (TPSA) is 75.7 Å².